The van der Waals surface area contributed by atoms with Crippen LogP contribution in [0.5, 0.6) is 0 Å². The molecule has 0 heterocycles. The lowest BCUT2D eigenvalue weighted by atomic mass is 9.98. The summed E-state index contributed by atoms with van der Waals surface area (Å²) in [5, 5.41) is 0. The van der Waals surface area contributed by atoms with Crippen LogP contribution < -0.4 is 0 Å². The summed E-state index contributed by atoms with van der Waals surface area (Å²) < 4.78 is 0. The molecular weight excluding hydrogens is 186 g/mol. The summed E-state index contributed by atoms with van der Waals surface area (Å²) in [5.41, 5.74) is 1.77. The molecule has 1 fully saturated rings. The van der Waals surface area contributed by atoms with Gasteiger partial charge in [-0.3, -0.25) is 4.79 Å². The molecule has 1 amide bonds. The lowest BCUT2D eigenvalue weighted by molar-refractivity contribution is 0.100. The lowest BCUT2D eigenvalue weighted by Gasteiger charge is -2.11. The third-order valence-electron chi connectivity index (χ3n) is 2.71. The van der Waals surface area contributed by atoms with E-state index in [-0.39, 0.29) is 5.91 Å². The van der Waals surface area contributed by atoms with Gasteiger partial charge in [0.25, 0.3) is 5.91 Å². The fraction of sp³-hybridized carbons (Fsp3) is 0.385. The van der Waals surface area contributed by atoms with Crippen molar-refractivity contribution in [3.8, 4) is 0 Å². The van der Waals surface area contributed by atoms with E-state index in [1.54, 1.807) is 0 Å². The predicted octanol–water partition coefficient (Wildman–Crippen LogP) is 3.23. The molecule has 0 unspecified atom stereocenters. The van der Waals surface area contributed by atoms with E-state index in [1.165, 1.54) is 19.3 Å². The summed E-state index contributed by atoms with van der Waals surface area (Å²) in [6.07, 6.45) is 5.64. The molecule has 0 saturated heterocycles. The molecule has 1 saturated carbocycles. The highest BCUT2D eigenvalue weighted by Crippen LogP contribution is 2.15. The van der Waals surface area contributed by atoms with E-state index in [9.17, 15) is 4.79 Å². The molecule has 0 radical (unpaired) electrons. The molecular formula is C13H15NO. The first-order chi connectivity index (χ1) is 7.36. The Morgan fingerprint density at radius 3 is 2.33 bits per heavy atom. The maximum absolute atomic E-state index is 11.7. The molecule has 1 aliphatic rings. The van der Waals surface area contributed by atoms with Crippen LogP contribution in [0.15, 0.2) is 35.3 Å². The van der Waals surface area contributed by atoms with Gasteiger partial charge in [-0.1, -0.05) is 24.6 Å². The first-order valence-corrected chi connectivity index (χ1v) is 5.52. The van der Waals surface area contributed by atoms with E-state index >= 15 is 0 Å². The molecule has 0 spiro atoms. The quantitative estimate of drug-likeness (QED) is 0.685. The largest absolute Gasteiger partial charge is 0.276 e. The molecule has 15 heavy (non-hydrogen) atoms. The third kappa shape index (κ3) is 2.75. The second kappa shape index (κ2) is 4.87. The van der Waals surface area contributed by atoms with Gasteiger partial charge in [-0.15, -0.1) is 0 Å². The third-order valence-corrected chi connectivity index (χ3v) is 2.71. The van der Waals surface area contributed by atoms with Crippen molar-refractivity contribution in [2.45, 2.75) is 32.1 Å². The van der Waals surface area contributed by atoms with Crippen LogP contribution in [0.25, 0.3) is 0 Å². The van der Waals surface area contributed by atoms with Crippen molar-refractivity contribution in [3.63, 3.8) is 0 Å². The number of aliphatic imine (C=N–C) groups is 1. The molecule has 1 aromatic rings. The second-order valence-corrected chi connectivity index (χ2v) is 3.91. The molecule has 2 heteroatoms. The van der Waals surface area contributed by atoms with E-state index in [0.717, 1.165) is 18.6 Å². The summed E-state index contributed by atoms with van der Waals surface area (Å²) in [7, 11) is 0. The molecule has 78 valence electrons. The maximum atomic E-state index is 11.7. The first-order valence-electron chi connectivity index (χ1n) is 5.52. The zero-order valence-electron chi connectivity index (χ0n) is 8.78. The highest BCUT2D eigenvalue weighted by atomic mass is 16.1. The van der Waals surface area contributed by atoms with Crippen LogP contribution in [0.3, 0.4) is 0 Å². The highest BCUT2D eigenvalue weighted by molar-refractivity contribution is 6.03. The standard InChI is InChI=1S/C13H15NO/c15-13(11-7-3-1-4-8-11)14-12-9-5-2-6-10-12/h1,3-4,7-8H,2,5-6,9-10H2. The van der Waals surface area contributed by atoms with Crippen LogP contribution in [0.4, 0.5) is 0 Å². The lowest BCUT2D eigenvalue weighted by Crippen LogP contribution is -2.08. The molecule has 1 aliphatic carbocycles. The Balaban J connectivity index is 2.08. The number of hydrogen-bond acceptors (Lipinski definition) is 1. The van der Waals surface area contributed by atoms with E-state index in [1.807, 2.05) is 30.3 Å². The van der Waals surface area contributed by atoms with Crippen molar-refractivity contribution in [1.29, 1.82) is 0 Å². The zero-order chi connectivity index (χ0) is 10.5. The van der Waals surface area contributed by atoms with Crippen LogP contribution >= 0.6 is 0 Å². The molecule has 2 nitrogen and oxygen atoms in total. The summed E-state index contributed by atoms with van der Waals surface area (Å²) in [4.78, 5) is 15.9. The average molecular weight is 201 g/mol. The highest BCUT2D eigenvalue weighted by Gasteiger charge is 2.09. The number of carbonyl (C=O) groups is 1. The molecule has 0 N–H and O–H groups in total. The number of carbonyl (C=O) groups excluding carboxylic acids is 1. The Bertz CT molecular complexity index is 359. The Hall–Kier alpha value is -1.44. The van der Waals surface area contributed by atoms with E-state index in [2.05, 4.69) is 4.99 Å². The van der Waals surface area contributed by atoms with Gasteiger partial charge >= 0.3 is 0 Å². The van der Waals surface area contributed by atoms with Crippen LogP contribution in [0.2, 0.25) is 0 Å². The van der Waals surface area contributed by atoms with Crippen LogP contribution in [0.1, 0.15) is 42.5 Å². The molecule has 1 aromatic carbocycles. The van der Waals surface area contributed by atoms with Crippen LogP contribution in [0, 0.1) is 0 Å². The fourth-order valence-electron chi connectivity index (χ4n) is 1.86. The Morgan fingerprint density at radius 1 is 1.00 bits per heavy atom. The van der Waals surface area contributed by atoms with Crippen LogP contribution in [-0.2, 0) is 0 Å². The van der Waals surface area contributed by atoms with Gasteiger partial charge in [-0.2, -0.15) is 0 Å². The number of rotatable bonds is 1. The summed E-state index contributed by atoms with van der Waals surface area (Å²) in [5.74, 6) is -0.0903. The van der Waals surface area contributed by atoms with Gasteiger partial charge < -0.3 is 0 Å². The van der Waals surface area contributed by atoms with Crippen molar-refractivity contribution in [3.05, 3.63) is 35.9 Å². The molecule has 0 aromatic heterocycles. The molecule has 0 aliphatic heterocycles. The van der Waals surface area contributed by atoms with Crippen molar-refractivity contribution >= 4 is 11.6 Å². The predicted molar refractivity (Wildman–Crippen MR) is 61.3 cm³/mol. The van der Waals surface area contributed by atoms with E-state index in [0.29, 0.717) is 5.56 Å². The van der Waals surface area contributed by atoms with Crippen molar-refractivity contribution in [2.24, 2.45) is 4.99 Å². The summed E-state index contributed by atoms with van der Waals surface area (Å²) >= 11 is 0. The van der Waals surface area contributed by atoms with Crippen molar-refractivity contribution in [1.82, 2.24) is 0 Å². The first kappa shape index (κ1) is 10.1. The Labute approximate surface area is 90.0 Å². The van der Waals surface area contributed by atoms with Gasteiger partial charge in [-0.25, -0.2) is 4.99 Å². The van der Waals surface area contributed by atoms with Gasteiger partial charge in [0.15, 0.2) is 0 Å². The van der Waals surface area contributed by atoms with Gasteiger partial charge in [0.2, 0.25) is 0 Å². The Kier molecular flexibility index (Phi) is 3.28. The Morgan fingerprint density at radius 2 is 1.67 bits per heavy atom. The monoisotopic (exact) mass is 201 g/mol. The molecule has 0 atom stereocenters. The fourth-order valence-corrected chi connectivity index (χ4v) is 1.86. The second-order valence-electron chi connectivity index (χ2n) is 3.91. The number of nitrogens with zero attached hydrogens (tertiary/aromatic N) is 1. The minimum Gasteiger partial charge on any atom is -0.267 e. The van der Waals surface area contributed by atoms with Crippen molar-refractivity contribution < 1.29 is 4.79 Å². The van der Waals surface area contributed by atoms with Gasteiger partial charge in [0, 0.05) is 11.3 Å². The minimum atomic E-state index is -0.0903. The van der Waals surface area contributed by atoms with Gasteiger partial charge in [-0.05, 0) is 37.8 Å². The molecule has 2 rings (SSSR count). The summed E-state index contributed by atoms with van der Waals surface area (Å²) in [6, 6.07) is 9.28. The zero-order valence-corrected chi connectivity index (χ0v) is 8.78. The van der Waals surface area contributed by atoms with Crippen molar-refractivity contribution in [2.75, 3.05) is 0 Å². The van der Waals surface area contributed by atoms with Gasteiger partial charge in [0.1, 0.15) is 0 Å². The topological polar surface area (TPSA) is 29.4 Å². The number of amides is 1. The maximum Gasteiger partial charge on any atom is 0.276 e. The van der Waals surface area contributed by atoms with E-state index < -0.39 is 0 Å². The SMILES string of the molecule is O=C(N=C1CCCCC1)c1ccccc1. The summed E-state index contributed by atoms with van der Waals surface area (Å²) in [6.45, 7) is 0. The minimum absolute atomic E-state index is 0.0903. The number of hydrogen-bond donors (Lipinski definition) is 0. The molecule has 0 bridgehead atoms. The number of benzene rings is 1. The van der Waals surface area contributed by atoms with Gasteiger partial charge in [0.05, 0.1) is 0 Å². The average Bonchev–Trinajstić information content (AvgIpc) is 2.31. The normalized spacial score (nSPS) is 16.1. The van der Waals surface area contributed by atoms with E-state index in [4.69, 9.17) is 0 Å². The smallest absolute Gasteiger partial charge is 0.267 e. The van der Waals surface area contributed by atoms with Crippen LogP contribution in [-0.4, -0.2) is 11.6 Å².